The zero-order chi connectivity index (χ0) is 22.3. The highest BCUT2D eigenvalue weighted by Gasteiger charge is 2.32. The number of aliphatic imine (C=N–C) groups is 1. The molecule has 0 radical (unpaired) electrons. The second kappa shape index (κ2) is 12.9. The van der Waals surface area contributed by atoms with Crippen LogP contribution in [0.15, 0.2) is 29.3 Å². The molecule has 184 valence electrons. The summed E-state index contributed by atoms with van der Waals surface area (Å²) in [6, 6.07) is 9.00. The molecule has 1 amide bonds. The Balaban J connectivity index is 0.00000306. The summed E-state index contributed by atoms with van der Waals surface area (Å²) in [5.74, 6) is 1.41. The third kappa shape index (κ3) is 7.55. The highest BCUT2D eigenvalue weighted by Crippen LogP contribution is 2.27. The average Bonchev–Trinajstić information content (AvgIpc) is 3.51. The van der Waals surface area contributed by atoms with Gasteiger partial charge in [0, 0.05) is 58.3 Å². The lowest BCUT2D eigenvalue weighted by molar-refractivity contribution is -0.134. The zero-order valence-electron chi connectivity index (χ0n) is 19.8. The van der Waals surface area contributed by atoms with Crippen LogP contribution in [0.2, 0.25) is 0 Å². The fourth-order valence-corrected chi connectivity index (χ4v) is 5.18. The molecule has 3 aliphatic rings. The summed E-state index contributed by atoms with van der Waals surface area (Å²) >= 11 is 0. The quantitative estimate of drug-likeness (QED) is 0.279. The third-order valence-corrected chi connectivity index (χ3v) is 7.21. The Labute approximate surface area is 215 Å². The van der Waals surface area contributed by atoms with Crippen molar-refractivity contribution in [1.82, 2.24) is 20.4 Å². The lowest BCUT2D eigenvalue weighted by Gasteiger charge is -2.29. The summed E-state index contributed by atoms with van der Waals surface area (Å²) in [5, 5.41) is 16.6. The largest absolute Gasteiger partial charge is 0.393 e. The molecule has 2 saturated heterocycles. The van der Waals surface area contributed by atoms with Crippen LogP contribution in [0.1, 0.15) is 56.1 Å². The van der Waals surface area contributed by atoms with E-state index in [1.165, 1.54) is 24.0 Å². The number of aliphatic hydroxyl groups is 1. The second-order valence-corrected chi connectivity index (χ2v) is 9.65. The van der Waals surface area contributed by atoms with Gasteiger partial charge < -0.3 is 20.6 Å². The number of aliphatic hydroxyl groups excluding tert-OH is 1. The van der Waals surface area contributed by atoms with Gasteiger partial charge in [-0.1, -0.05) is 37.1 Å². The molecule has 3 N–H and O–H groups in total. The first-order chi connectivity index (χ1) is 15.6. The number of halogens is 1. The number of benzene rings is 1. The minimum absolute atomic E-state index is 0. The van der Waals surface area contributed by atoms with E-state index in [0.29, 0.717) is 12.5 Å². The molecule has 1 aromatic carbocycles. The van der Waals surface area contributed by atoms with Crippen LogP contribution < -0.4 is 10.6 Å². The summed E-state index contributed by atoms with van der Waals surface area (Å²) < 4.78 is 0. The number of guanidine groups is 1. The molecule has 1 saturated carbocycles. The van der Waals surface area contributed by atoms with Gasteiger partial charge in [-0.15, -0.1) is 24.0 Å². The first-order valence-electron chi connectivity index (χ1n) is 12.3. The molecular formula is C25H40IN5O2. The van der Waals surface area contributed by atoms with Crippen molar-refractivity contribution in [3.05, 3.63) is 35.4 Å². The van der Waals surface area contributed by atoms with Crippen molar-refractivity contribution < 1.29 is 9.90 Å². The number of rotatable bonds is 6. The van der Waals surface area contributed by atoms with Gasteiger partial charge in [0.25, 0.3) is 0 Å². The summed E-state index contributed by atoms with van der Waals surface area (Å²) in [6.45, 7) is 5.23. The Bertz CT molecular complexity index is 774. The van der Waals surface area contributed by atoms with E-state index in [0.717, 1.165) is 70.8 Å². The molecule has 4 rings (SSSR count). The zero-order valence-corrected chi connectivity index (χ0v) is 22.2. The van der Waals surface area contributed by atoms with E-state index in [1.54, 1.807) is 7.05 Å². The highest BCUT2D eigenvalue weighted by atomic mass is 127. The predicted octanol–water partition coefficient (Wildman–Crippen LogP) is 2.72. The van der Waals surface area contributed by atoms with E-state index >= 15 is 0 Å². The van der Waals surface area contributed by atoms with Gasteiger partial charge in [-0.3, -0.25) is 14.7 Å². The van der Waals surface area contributed by atoms with E-state index in [1.807, 2.05) is 4.90 Å². The van der Waals surface area contributed by atoms with Gasteiger partial charge in [-0.05, 0) is 43.2 Å². The average molecular weight is 570 g/mol. The maximum Gasteiger partial charge on any atom is 0.225 e. The lowest BCUT2D eigenvalue weighted by Crippen LogP contribution is -2.45. The number of carbonyl (C=O) groups is 1. The molecule has 1 aromatic rings. The summed E-state index contributed by atoms with van der Waals surface area (Å²) in [6.07, 6.45) is 7.14. The first kappa shape index (κ1) is 26.2. The third-order valence-electron chi connectivity index (χ3n) is 7.21. The highest BCUT2D eigenvalue weighted by molar-refractivity contribution is 14.0. The van der Waals surface area contributed by atoms with E-state index in [9.17, 15) is 9.90 Å². The minimum atomic E-state index is -0.122. The molecule has 8 heteroatoms. The summed E-state index contributed by atoms with van der Waals surface area (Å²) in [7, 11) is 1.80. The fraction of sp³-hybridized carbons (Fsp3) is 0.680. The number of carbonyl (C=O) groups excluding carboxylic acids is 1. The minimum Gasteiger partial charge on any atom is -0.393 e. The number of hydrogen-bond donors (Lipinski definition) is 3. The molecule has 7 nitrogen and oxygen atoms in total. The number of likely N-dealkylation sites (tertiary alicyclic amines) is 2. The number of hydrogen-bond acceptors (Lipinski definition) is 4. The van der Waals surface area contributed by atoms with E-state index in [-0.39, 0.29) is 42.0 Å². The van der Waals surface area contributed by atoms with Gasteiger partial charge in [0.05, 0.1) is 6.10 Å². The van der Waals surface area contributed by atoms with Crippen LogP contribution in [0.3, 0.4) is 0 Å². The molecule has 1 aliphatic carbocycles. The Kier molecular flexibility index (Phi) is 10.2. The Morgan fingerprint density at radius 1 is 1.03 bits per heavy atom. The number of piperidine rings is 1. The second-order valence-electron chi connectivity index (χ2n) is 9.65. The fourth-order valence-electron chi connectivity index (χ4n) is 5.18. The Morgan fingerprint density at radius 3 is 2.36 bits per heavy atom. The van der Waals surface area contributed by atoms with Crippen LogP contribution in [0.4, 0.5) is 0 Å². The molecule has 0 spiro atoms. The van der Waals surface area contributed by atoms with Crippen LogP contribution in [0.25, 0.3) is 0 Å². The normalized spacial score (nSPS) is 22.9. The van der Waals surface area contributed by atoms with Gasteiger partial charge >= 0.3 is 0 Å². The van der Waals surface area contributed by atoms with Crippen molar-refractivity contribution >= 4 is 35.8 Å². The maximum atomic E-state index is 12.7. The Morgan fingerprint density at radius 2 is 1.70 bits per heavy atom. The smallest absolute Gasteiger partial charge is 0.225 e. The van der Waals surface area contributed by atoms with E-state index in [2.05, 4.69) is 44.8 Å². The van der Waals surface area contributed by atoms with Crippen LogP contribution in [0, 0.1) is 5.92 Å². The molecular weight excluding hydrogens is 529 g/mol. The van der Waals surface area contributed by atoms with Crippen molar-refractivity contribution in [2.24, 2.45) is 10.9 Å². The van der Waals surface area contributed by atoms with E-state index < -0.39 is 0 Å². The van der Waals surface area contributed by atoms with Gasteiger partial charge in [0.2, 0.25) is 5.91 Å². The van der Waals surface area contributed by atoms with Crippen LogP contribution in [-0.2, 0) is 17.9 Å². The van der Waals surface area contributed by atoms with Crippen molar-refractivity contribution in [3.8, 4) is 0 Å². The Hall–Kier alpha value is -1.39. The summed E-state index contributed by atoms with van der Waals surface area (Å²) in [4.78, 5) is 21.5. The molecule has 33 heavy (non-hydrogen) atoms. The van der Waals surface area contributed by atoms with Crippen molar-refractivity contribution in [2.75, 3.05) is 33.2 Å². The molecule has 3 fully saturated rings. The summed E-state index contributed by atoms with van der Waals surface area (Å²) in [5.41, 5.74) is 2.53. The van der Waals surface area contributed by atoms with Crippen molar-refractivity contribution in [3.63, 3.8) is 0 Å². The van der Waals surface area contributed by atoms with Crippen molar-refractivity contribution in [1.29, 1.82) is 0 Å². The van der Waals surface area contributed by atoms with E-state index in [4.69, 9.17) is 0 Å². The molecule has 0 bridgehead atoms. The molecule has 1 atom stereocenters. The molecule has 2 heterocycles. The van der Waals surface area contributed by atoms with Gasteiger partial charge in [0.15, 0.2) is 5.96 Å². The van der Waals surface area contributed by atoms with Gasteiger partial charge in [0.1, 0.15) is 0 Å². The van der Waals surface area contributed by atoms with Crippen molar-refractivity contribution in [2.45, 2.75) is 70.2 Å². The van der Waals surface area contributed by atoms with Crippen LogP contribution >= 0.6 is 24.0 Å². The predicted molar refractivity (Wildman–Crippen MR) is 143 cm³/mol. The van der Waals surface area contributed by atoms with Gasteiger partial charge in [-0.25, -0.2) is 0 Å². The number of nitrogens with one attached hydrogen (secondary N) is 2. The SMILES string of the molecule is CN=C(NCc1ccc(CN2CCC(O)CC2)cc1)NC1CCN(C(=O)C2CCCC2)C1.I. The molecule has 1 unspecified atom stereocenters. The van der Waals surface area contributed by atoms with Crippen LogP contribution in [-0.4, -0.2) is 72.1 Å². The monoisotopic (exact) mass is 569 g/mol. The standard InChI is InChI=1S/C25H39N5O2.HI/c1-26-25(28-22-10-15-30(18-22)24(32)21-4-2-3-5-21)27-16-19-6-8-20(9-7-19)17-29-13-11-23(31)12-14-29;/h6-9,21-23,31H,2-5,10-18H2,1H3,(H2,26,27,28);1H. The lowest BCUT2D eigenvalue weighted by atomic mass is 10.1. The molecule has 0 aromatic heterocycles. The number of amides is 1. The number of nitrogens with zero attached hydrogens (tertiary/aromatic N) is 3. The first-order valence-corrected chi connectivity index (χ1v) is 12.3. The van der Waals surface area contributed by atoms with Gasteiger partial charge in [-0.2, -0.15) is 0 Å². The van der Waals surface area contributed by atoms with Crippen LogP contribution in [0.5, 0.6) is 0 Å². The maximum absolute atomic E-state index is 12.7. The molecule has 2 aliphatic heterocycles. The topological polar surface area (TPSA) is 80.2 Å².